The van der Waals surface area contributed by atoms with E-state index in [2.05, 4.69) is 15.9 Å². The molecule has 2 nitrogen and oxygen atoms in total. The third-order valence-electron chi connectivity index (χ3n) is 2.20. The summed E-state index contributed by atoms with van der Waals surface area (Å²) in [5.41, 5.74) is 0. The number of carbonyl (C=O) groups excluding carboxylic acids is 1. The van der Waals surface area contributed by atoms with Gasteiger partial charge in [-0.05, 0) is 48.3 Å². The fourth-order valence-electron chi connectivity index (χ4n) is 1.40. The van der Waals surface area contributed by atoms with Crippen molar-refractivity contribution in [3.63, 3.8) is 0 Å². The summed E-state index contributed by atoms with van der Waals surface area (Å²) in [6.07, 6.45) is 0.831. The normalized spacial score (nSPS) is 10.8. The molecule has 16 heavy (non-hydrogen) atoms. The molecule has 1 aromatic heterocycles. The monoisotopic (exact) mass is 323 g/mol. The number of hydrogen-bond donors (Lipinski definition) is 0. The summed E-state index contributed by atoms with van der Waals surface area (Å²) in [6.45, 7) is 4.76. The van der Waals surface area contributed by atoms with Gasteiger partial charge in [-0.15, -0.1) is 22.9 Å². The molecule has 0 radical (unpaired) electrons. The van der Waals surface area contributed by atoms with Gasteiger partial charge in [0.2, 0.25) is 0 Å². The first kappa shape index (κ1) is 14.0. The third-order valence-corrected chi connectivity index (χ3v) is 4.08. The molecule has 90 valence electrons. The Morgan fingerprint density at radius 3 is 2.69 bits per heavy atom. The van der Waals surface area contributed by atoms with Crippen LogP contribution in [0.1, 0.15) is 29.9 Å². The average molecular weight is 325 g/mol. The number of halogens is 2. The van der Waals surface area contributed by atoms with Gasteiger partial charge in [-0.2, -0.15) is 0 Å². The molecule has 0 atom stereocenters. The average Bonchev–Trinajstić information content (AvgIpc) is 2.64. The van der Waals surface area contributed by atoms with E-state index in [1.165, 1.54) is 11.3 Å². The van der Waals surface area contributed by atoms with Gasteiger partial charge in [-0.1, -0.05) is 0 Å². The van der Waals surface area contributed by atoms with Crippen molar-refractivity contribution in [3.05, 3.63) is 20.8 Å². The van der Waals surface area contributed by atoms with E-state index < -0.39 is 0 Å². The molecule has 0 aliphatic carbocycles. The van der Waals surface area contributed by atoms with E-state index in [1.807, 2.05) is 30.9 Å². The topological polar surface area (TPSA) is 20.3 Å². The zero-order valence-electron chi connectivity index (χ0n) is 9.37. The molecule has 1 rings (SSSR count). The summed E-state index contributed by atoms with van der Waals surface area (Å²) in [7, 11) is 0. The largest absolute Gasteiger partial charge is 0.335 e. The Bertz CT molecular complexity index is 354. The fourth-order valence-corrected chi connectivity index (χ4v) is 2.86. The standard InChI is InChI=1S/C11H15BrClNOS/c1-8(2)14(7-3-6-13)11(15)9-4-5-10(12)16-9/h4-5,8H,3,6-7H2,1-2H3. The number of alkyl halides is 1. The summed E-state index contributed by atoms with van der Waals surface area (Å²) in [6, 6.07) is 3.96. The van der Waals surface area contributed by atoms with E-state index in [9.17, 15) is 4.79 Å². The summed E-state index contributed by atoms with van der Waals surface area (Å²) in [4.78, 5) is 14.8. The second-order valence-electron chi connectivity index (χ2n) is 3.74. The number of rotatable bonds is 5. The zero-order chi connectivity index (χ0) is 12.1. The number of amides is 1. The van der Waals surface area contributed by atoms with Crippen LogP contribution in [0.5, 0.6) is 0 Å². The first-order valence-electron chi connectivity index (χ1n) is 5.18. The van der Waals surface area contributed by atoms with Crippen LogP contribution in [0.25, 0.3) is 0 Å². The molecule has 0 aliphatic heterocycles. The second kappa shape index (κ2) is 6.62. The lowest BCUT2D eigenvalue weighted by Crippen LogP contribution is -2.37. The Morgan fingerprint density at radius 2 is 2.25 bits per heavy atom. The number of carbonyl (C=O) groups is 1. The molecule has 0 spiro atoms. The smallest absolute Gasteiger partial charge is 0.264 e. The molecule has 0 unspecified atom stereocenters. The van der Waals surface area contributed by atoms with Crippen molar-refractivity contribution in [2.45, 2.75) is 26.3 Å². The van der Waals surface area contributed by atoms with Crippen LogP contribution in [-0.4, -0.2) is 29.3 Å². The van der Waals surface area contributed by atoms with E-state index >= 15 is 0 Å². The lowest BCUT2D eigenvalue weighted by molar-refractivity contribution is 0.0711. The van der Waals surface area contributed by atoms with Crippen molar-refractivity contribution in [1.82, 2.24) is 4.90 Å². The predicted octanol–water partition coefficient (Wildman–Crippen LogP) is 3.99. The van der Waals surface area contributed by atoms with E-state index in [4.69, 9.17) is 11.6 Å². The van der Waals surface area contributed by atoms with Gasteiger partial charge in [-0.25, -0.2) is 0 Å². The summed E-state index contributed by atoms with van der Waals surface area (Å²) in [5.74, 6) is 0.681. The van der Waals surface area contributed by atoms with Crippen LogP contribution in [-0.2, 0) is 0 Å². The van der Waals surface area contributed by atoms with Crippen LogP contribution >= 0.6 is 38.9 Å². The van der Waals surface area contributed by atoms with Gasteiger partial charge in [0.15, 0.2) is 0 Å². The maximum atomic E-state index is 12.2. The van der Waals surface area contributed by atoms with Gasteiger partial charge in [0.25, 0.3) is 5.91 Å². The highest BCUT2D eigenvalue weighted by molar-refractivity contribution is 9.11. The Morgan fingerprint density at radius 1 is 1.56 bits per heavy atom. The van der Waals surface area contributed by atoms with Crippen molar-refractivity contribution in [2.24, 2.45) is 0 Å². The van der Waals surface area contributed by atoms with Gasteiger partial charge in [0, 0.05) is 18.5 Å². The molecule has 1 amide bonds. The zero-order valence-corrected chi connectivity index (χ0v) is 12.5. The van der Waals surface area contributed by atoms with Crippen LogP contribution in [0, 0.1) is 0 Å². The van der Waals surface area contributed by atoms with E-state index in [0.29, 0.717) is 5.88 Å². The number of nitrogens with zero attached hydrogens (tertiary/aromatic N) is 1. The molecule has 0 aliphatic rings. The molecular formula is C11H15BrClNOS. The van der Waals surface area contributed by atoms with Gasteiger partial charge in [0.1, 0.15) is 0 Å². The molecule has 0 saturated carbocycles. The lowest BCUT2D eigenvalue weighted by atomic mass is 10.2. The van der Waals surface area contributed by atoms with E-state index in [0.717, 1.165) is 21.6 Å². The molecule has 0 fully saturated rings. The maximum Gasteiger partial charge on any atom is 0.264 e. The Kier molecular flexibility index (Phi) is 5.79. The van der Waals surface area contributed by atoms with Gasteiger partial charge >= 0.3 is 0 Å². The van der Waals surface area contributed by atoms with Crippen molar-refractivity contribution >= 4 is 44.8 Å². The first-order valence-corrected chi connectivity index (χ1v) is 7.33. The molecule has 0 saturated heterocycles. The molecule has 0 N–H and O–H groups in total. The first-order chi connectivity index (χ1) is 7.56. The molecule has 0 bridgehead atoms. The SMILES string of the molecule is CC(C)N(CCCCl)C(=O)c1ccc(Br)s1. The number of thiophene rings is 1. The quantitative estimate of drug-likeness (QED) is 0.750. The molecule has 1 heterocycles. The number of hydrogen-bond acceptors (Lipinski definition) is 2. The van der Waals surface area contributed by atoms with Crippen LogP contribution in [0.4, 0.5) is 0 Å². The Labute approximate surface area is 114 Å². The summed E-state index contributed by atoms with van der Waals surface area (Å²) < 4.78 is 0.983. The van der Waals surface area contributed by atoms with Gasteiger partial charge in [0.05, 0.1) is 8.66 Å². The predicted molar refractivity (Wildman–Crippen MR) is 73.5 cm³/mol. The van der Waals surface area contributed by atoms with Crippen molar-refractivity contribution in [3.8, 4) is 0 Å². The molecule has 0 aromatic carbocycles. The van der Waals surface area contributed by atoms with Crippen molar-refractivity contribution < 1.29 is 4.79 Å². The molecular weight excluding hydrogens is 310 g/mol. The summed E-state index contributed by atoms with van der Waals surface area (Å²) in [5, 5.41) is 0. The van der Waals surface area contributed by atoms with Gasteiger partial charge < -0.3 is 4.90 Å². The maximum absolute atomic E-state index is 12.2. The minimum absolute atomic E-state index is 0.0933. The fraction of sp³-hybridized carbons (Fsp3) is 0.545. The van der Waals surface area contributed by atoms with Crippen molar-refractivity contribution in [2.75, 3.05) is 12.4 Å². The van der Waals surface area contributed by atoms with Crippen LogP contribution in [0.15, 0.2) is 15.9 Å². The molecule has 1 aromatic rings. The summed E-state index contributed by atoms with van der Waals surface area (Å²) >= 11 is 10.5. The van der Waals surface area contributed by atoms with Gasteiger partial charge in [-0.3, -0.25) is 4.79 Å². The lowest BCUT2D eigenvalue weighted by Gasteiger charge is -2.25. The minimum atomic E-state index is 0.0933. The highest BCUT2D eigenvalue weighted by Crippen LogP contribution is 2.24. The highest BCUT2D eigenvalue weighted by Gasteiger charge is 2.19. The van der Waals surface area contributed by atoms with Crippen LogP contribution in [0.3, 0.4) is 0 Å². The minimum Gasteiger partial charge on any atom is -0.335 e. The van der Waals surface area contributed by atoms with E-state index in [1.54, 1.807) is 0 Å². The Balaban J connectivity index is 2.74. The third kappa shape index (κ3) is 3.75. The van der Waals surface area contributed by atoms with E-state index in [-0.39, 0.29) is 11.9 Å². The second-order valence-corrected chi connectivity index (χ2v) is 6.58. The van der Waals surface area contributed by atoms with Crippen LogP contribution < -0.4 is 0 Å². The van der Waals surface area contributed by atoms with Crippen LogP contribution in [0.2, 0.25) is 0 Å². The molecule has 5 heteroatoms. The Hall–Kier alpha value is -0.0600. The highest BCUT2D eigenvalue weighted by atomic mass is 79.9. The van der Waals surface area contributed by atoms with Crippen molar-refractivity contribution in [1.29, 1.82) is 0 Å².